The largest absolute Gasteiger partial charge is 0.446 e. The zero-order valence-corrected chi connectivity index (χ0v) is 14.4. The van der Waals surface area contributed by atoms with Gasteiger partial charge in [-0.25, -0.2) is 9.69 Å². The van der Waals surface area contributed by atoms with Crippen LogP contribution in [0.4, 0.5) is 23.7 Å². The normalized spacial score (nSPS) is 17.9. The quantitative estimate of drug-likeness (QED) is 0.592. The van der Waals surface area contributed by atoms with Gasteiger partial charge in [0, 0.05) is 23.8 Å². The maximum atomic E-state index is 12.7. The lowest BCUT2D eigenvalue weighted by molar-refractivity contribution is -0.119. The van der Waals surface area contributed by atoms with Crippen LogP contribution in [0.5, 0.6) is 0 Å². The highest BCUT2D eigenvalue weighted by Crippen LogP contribution is 2.37. The number of benzene rings is 1. The Kier molecular flexibility index (Phi) is 4.90. The number of anilines is 1. The van der Waals surface area contributed by atoms with Crippen LogP contribution in [0.2, 0.25) is 0 Å². The van der Waals surface area contributed by atoms with Gasteiger partial charge in [-0.15, -0.1) is 0 Å². The molecule has 0 bridgehead atoms. The molecule has 0 saturated carbocycles. The minimum atomic E-state index is -4.39. The summed E-state index contributed by atoms with van der Waals surface area (Å²) < 4.78 is 37.2. The van der Waals surface area contributed by atoms with E-state index in [1.165, 1.54) is 29.2 Å². The predicted molar refractivity (Wildman–Crippen MR) is 90.5 cm³/mol. The van der Waals surface area contributed by atoms with Gasteiger partial charge in [-0.3, -0.25) is 9.78 Å². The van der Waals surface area contributed by atoms with Crippen LogP contribution in [0.3, 0.4) is 0 Å². The Morgan fingerprint density at radius 2 is 1.69 bits per heavy atom. The predicted octanol–water partition coefficient (Wildman–Crippen LogP) is 4.05. The van der Waals surface area contributed by atoms with Crippen LogP contribution in [0.25, 0.3) is 0 Å². The van der Waals surface area contributed by atoms with Gasteiger partial charge in [-0.2, -0.15) is 13.2 Å². The molecule has 3 rings (SSSR count). The first-order valence-corrected chi connectivity index (χ1v) is 8.47. The molecule has 0 spiro atoms. The highest BCUT2D eigenvalue weighted by atomic mass is 32.2. The Labute approximate surface area is 151 Å². The van der Waals surface area contributed by atoms with E-state index >= 15 is 0 Å². The van der Waals surface area contributed by atoms with Crippen molar-refractivity contribution < 1.29 is 22.8 Å². The van der Waals surface area contributed by atoms with Gasteiger partial charge in [-0.1, -0.05) is 0 Å². The van der Waals surface area contributed by atoms with Crippen LogP contribution in [-0.4, -0.2) is 33.4 Å². The average molecular weight is 381 g/mol. The fourth-order valence-electron chi connectivity index (χ4n) is 2.63. The summed E-state index contributed by atoms with van der Waals surface area (Å²) in [6, 6.07) is 7.48. The van der Waals surface area contributed by atoms with E-state index in [2.05, 4.69) is 4.98 Å². The summed E-state index contributed by atoms with van der Waals surface area (Å²) in [7, 11) is 0. The number of carbonyl (C=O) groups excluding carboxylic acids is 2. The number of alkyl halides is 3. The number of hydrogen-bond acceptors (Lipinski definition) is 4. The van der Waals surface area contributed by atoms with Gasteiger partial charge in [0.2, 0.25) is 0 Å². The Morgan fingerprint density at radius 1 is 1.08 bits per heavy atom. The van der Waals surface area contributed by atoms with E-state index in [0.717, 1.165) is 10.5 Å². The first kappa shape index (κ1) is 18.2. The Balaban J connectivity index is 1.80. The van der Waals surface area contributed by atoms with Crippen molar-refractivity contribution in [2.45, 2.75) is 29.9 Å². The number of thioether (sulfide) groups is 1. The smallest absolute Gasteiger partial charge is 0.308 e. The Morgan fingerprint density at radius 3 is 2.27 bits per heavy atom. The molecule has 1 atom stereocenters. The fraction of sp³-hybridized carbons (Fsp3) is 0.235. The molecular weight excluding hydrogens is 367 g/mol. The van der Waals surface area contributed by atoms with E-state index in [0.29, 0.717) is 0 Å². The van der Waals surface area contributed by atoms with Crippen LogP contribution in [0.1, 0.15) is 12.5 Å². The minimum Gasteiger partial charge on any atom is -0.308 e. The lowest BCUT2D eigenvalue weighted by Crippen LogP contribution is -2.33. The molecule has 2 aromatic rings. The first-order valence-electron chi connectivity index (χ1n) is 7.65. The number of pyridine rings is 1. The lowest BCUT2D eigenvalue weighted by Gasteiger charge is -2.19. The topological polar surface area (TPSA) is 53.5 Å². The number of imide groups is 1. The van der Waals surface area contributed by atoms with E-state index in [1.54, 1.807) is 31.5 Å². The van der Waals surface area contributed by atoms with Gasteiger partial charge in [0.15, 0.2) is 0 Å². The Hall–Kier alpha value is -2.55. The standard InChI is InChI=1S/C17H14F3N3O2S/c1-11-15(24)23(13-2-4-14(5-3-13)26-17(18,19)20)16(25)22(11)10-12-6-8-21-9-7-12/h2-9,11H,10H2,1H3/t11-/m0/s1. The van der Waals surface area contributed by atoms with Crippen LogP contribution < -0.4 is 4.90 Å². The van der Waals surface area contributed by atoms with Crippen molar-refractivity contribution in [2.75, 3.05) is 4.90 Å². The molecule has 0 radical (unpaired) electrons. The number of urea groups is 1. The number of nitrogens with zero attached hydrogens (tertiary/aromatic N) is 3. The van der Waals surface area contributed by atoms with Gasteiger partial charge < -0.3 is 4.90 Å². The fourth-order valence-corrected chi connectivity index (χ4v) is 3.17. The molecule has 0 N–H and O–H groups in total. The monoisotopic (exact) mass is 381 g/mol. The zero-order chi connectivity index (χ0) is 18.9. The molecule has 1 aromatic carbocycles. The third-order valence-corrected chi connectivity index (χ3v) is 4.65. The summed E-state index contributed by atoms with van der Waals surface area (Å²) in [6.07, 6.45) is 3.19. The third-order valence-electron chi connectivity index (χ3n) is 3.91. The first-order chi connectivity index (χ1) is 12.3. The van der Waals surface area contributed by atoms with Crippen LogP contribution in [0.15, 0.2) is 53.7 Å². The molecule has 0 unspecified atom stereocenters. The third kappa shape index (κ3) is 3.82. The van der Waals surface area contributed by atoms with Crippen molar-refractivity contribution >= 4 is 29.4 Å². The number of halogens is 3. The number of amides is 3. The molecule has 2 heterocycles. The maximum Gasteiger partial charge on any atom is 0.446 e. The van der Waals surface area contributed by atoms with E-state index in [1.807, 2.05) is 0 Å². The van der Waals surface area contributed by atoms with Crippen LogP contribution >= 0.6 is 11.8 Å². The second-order valence-electron chi connectivity index (χ2n) is 5.66. The van der Waals surface area contributed by atoms with Crippen molar-refractivity contribution in [3.8, 4) is 0 Å². The molecule has 26 heavy (non-hydrogen) atoms. The second kappa shape index (κ2) is 6.99. The SMILES string of the molecule is C[C@H]1C(=O)N(c2ccc(SC(F)(F)F)cc2)C(=O)N1Cc1ccncc1. The lowest BCUT2D eigenvalue weighted by atomic mass is 10.2. The van der Waals surface area contributed by atoms with Gasteiger partial charge >= 0.3 is 11.5 Å². The highest BCUT2D eigenvalue weighted by molar-refractivity contribution is 8.00. The molecule has 5 nitrogen and oxygen atoms in total. The summed E-state index contributed by atoms with van der Waals surface area (Å²) in [5.74, 6) is -0.416. The molecule has 1 saturated heterocycles. The van der Waals surface area contributed by atoms with E-state index in [-0.39, 0.29) is 28.9 Å². The van der Waals surface area contributed by atoms with Crippen molar-refractivity contribution in [3.05, 3.63) is 54.4 Å². The average Bonchev–Trinajstić information content (AvgIpc) is 2.79. The van der Waals surface area contributed by atoms with Crippen molar-refractivity contribution in [3.63, 3.8) is 0 Å². The maximum absolute atomic E-state index is 12.7. The molecule has 3 amide bonds. The number of hydrogen-bond donors (Lipinski definition) is 0. The summed E-state index contributed by atoms with van der Waals surface area (Å²) in [5.41, 5.74) is -3.32. The van der Waals surface area contributed by atoms with Gasteiger partial charge in [0.05, 0.1) is 5.69 Å². The zero-order valence-electron chi connectivity index (χ0n) is 13.6. The molecule has 1 fully saturated rings. The molecule has 1 aromatic heterocycles. The molecule has 1 aliphatic heterocycles. The van der Waals surface area contributed by atoms with Crippen molar-refractivity contribution in [1.82, 2.24) is 9.88 Å². The molecule has 136 valence electrons. The van der Waals surface area contributed by atoms with Gasteiger partial charge in [0.25, 0.3) is 5.91 Å². The molecule has 0 aliphatic carbocycles. The minimum absolute atomic E-state index is 0.0120. The van der Waals surface area contributed by atoms with E-state index < -0.39 is 23.5 Å². The van der Waals surface area contributed by atoms with Crippen LogP contribution in [-0.2, 0) is 11.3 Å². The summed E-state index contributed by atoms with van der Waals surface area (Å²) in [4.78, 5) is 31.5. The number of aromatic nitrogens is 1. The van der Waals surface area contributed by atoms with Crippen molar-refractivity contribution in [1.29, 1.82) is 0 Å². The second-order valence-corrected chi connectivity index (χ2v) is 6.80. The molecule has 9 heteroatoms. The Bertz CT molecular complexity index is 812. The van der Waals surface area contributed by atoms with E-state index in [4.69, 9.17) is 0 Å². The van der Waals surface area contributed by atoms with E-state index in [9.17, 15) is 22.8 Å². The number of carbonyl (C=O) groups is 2. The van der Waals surface area contributed by atoms with Crippen molar-refractivity contribution in [2.24, 2.45) is 0 Å². The molecular formula is C17H14F3N3O2S. The van der Waals surface area contributed by atoms with Crippen LogP contribution in [0, 0.1) is 0 Å². The highest BCUT2D eigenvalue weighted by Gasteiger charge is 2.43. The van der Waals surface area contributed by atoms with Gasteiger partial charge in [0.1, 0.15) is 6.04 Å². The summed E-state index contributed by atoms with van der Waals surface area (Å²) >= 11 is -0.248. The van der Waals surface area contributed by atoms with Gasteiger partial charge in [-0.05, 0) is 60.6 Å². The summed E-state index contributed by atoms with van der Waals surface area (Å²) in [6.45, 7) is 1.86. The number of rotatable bonds is 4. The molecule has 1 aliphatic rings. The summed E-state index contributed by atoms with van der Waals surface area (Å²) in [5, 5.41) is 0.